The van der Waals surface area contributed by atoms with E-state index in [1.807, 2.05) is 0 Å². The van der Waals surface area contributed by atoms with Crippen molar-refractivity contribution in [3.63, 3.8) is 0 Å². The Labute approximate surface area is 160 Å². The highest BCUT2D eigenvalue weighted by Gasteiger charge is 2.32. The van der Waals surface area contributed by atoms with E-state index in [4.69, 9.17) is 4.42 Å². The summed E-state index contributed by atoms with van der Waals surface area (Å²) in [5.74, 6) is 1.76. The molecule has 1 aromatic carbocycles. The van der Waals surface area contributed by atoms with Crippen LogP contribution in [0.2, 0.25) is 0 Å². The lowest BCUT2D eigenvalue weighted by atomic mass is 9.88. The predicted molar refractivity (Wildman–Crippen MR) is 103 cm³/mol. The summed E-state index contributed by atoms with van der Waals surface area (Å²) in [6.45, 7) is 5.22. The molecule has 0 bridgehead atoms. The van der Waals surface area contributed by atoms with Gasteiger partial charge in [0.2, 0.25) is 11.8 Å². The van der Waals surface area contributed by atoms with Gasteiger partial charge in [-0.2, -0.15) is 0 Å². The number of carbonyl (C=O) groups is 1. The second-order valence-electron chi connectivity index (χ2n) is 7.82. The molecule has 0 atom stereocenters. The van der Waals surface area contributed by atoms with E-state index in [2.05, 4.69) is 50.3 Å². The van der Waals surface area contributed by atoms with Crippen molar-refractivity contribution in [2.75, 3.05) is 31.1 Å². The standard InChI is InChI=1S/C21H28N4O2/c1-16-22-23-21(27-16)25-13-9-19(10-14-25)20(26)24-11-7-18(8-12-24)15-17-5-3-2-4-6-17/h2-6,18-19H,7-15H2,1H3. The summed E-state index contributed by atoms with van der Waals surface area (Å²) in [5.41, 5.74) is 1.41. The Morgan fingerprint density at radius 1 is 1.04 bits per heavy atom. The molecule has 144 valence electrons. The van der Waals surface area contributed by atoms with Gasteiger partial charge < -0.3 is 14.2 Å². The molecule has 0 radical (unpaired) electrons. The third-order valence-electron chi connectivity index (χ3n) is 5.92. The van der Waals surface area contributed by atoms with Crippen molar-refractivity contribution in [3.8, 4) is 0 Å². The fourth-order valence-corrected chi connectivity index (χ4v) is 4.29. The molecule has 2 fully saturated rings. The first kappa shape index (κ1) is 18.0. The number of nitrogens with zero attached hydrogens (tertiary/aromatic N) is 4. The number of aromatic nitrogens is 2. The van der Waals surface area contributed by atoms with Crippen LogP contribution in [0.1, 0.15) is 37.1 Å². The molecule has 2 aliphatic rings. The molecule has 0 spiro atoms. The zero-order valence-corrected chi connectivity index (χ0v) is 16.0. The van der Waals surface area contributed by atoms with Gasteiger partial charge in [-0.05, 0) is 43.6 Å². The summed E-state index contributed by atoms with van der Waals surface area (Å²) in [6.07, 6.45) is 5.08. The van der Waals surface area contributed by atoms with Gasteiger partial charge in [0.15, 0.2) is 0 Å². The smallest absolute Gasteiger partial charge is 0.318 e. The van der Waals surface area contributed by atoms with E-state index < -0.39 is 0 Å². The molecule has 6 nitrogen and oxygen atoms in total. The predicted octanol–water partition coefficient (Wildman–Crippen LogP) is 3.08. The van der Waals surface area contributed by atoms with Gasteiger partial charge in [0, 0.05) is 39.0 Å². The van der Waals surface area contributed by atoms with Crippen molar-refractivity contribution in [3.05, 3.63) is 41.8 Å². The topological polar surface area (TPSA) is 62.5 Å². The highest BCUT2D eigenvalue weighted by atomic mass is 16.4. The monoisotopic (exact) mass is 368 g/mol. The first-order chi connectivity index (χ1) is 13.2. The Morgan fingerprint density at radius 2 is 1.74 bits per heavy atom. The quantitative estimate of drug-likeness (QED) is 0.830. The second-order valence-corrected chi connectivity index (χ2v) is 7.82. The number of aryl methyl sites for hydroxylation is 1. The highest BCUT2D eigenvalue weighted by Crippen LogP contribution is 2.27. The van der Waals surface area contributed by atoms with Crippen LogP contribution in [0.5, 0.6) is 0 Å². The minimum atomic E-state index is 0.135. The molecule has 2 saturated heterocycles. The minimum Gasteiger partial charge on any atom is -0.408 e. The second kappa shape index (κ2) is 8.11. The molecular formula is C21H28N4O2. The normalized spacial score (nSPS) is 19.4. The van der Waals surface area contributed by atoms with Crippen molar-refractivity contribution in [2.24, 2.45) is 11.8 Å². The zero-order chi connectivity index (χ0) is 18.6. The van der Waals surface area contributed by atoms with Crippen molar-refractivity contribution >= 4 is 11.9 Å². The van der Waals surface area contributed by atoms with Gasteiger partial charge in [-0.1, -0.05) is 35.4 Å². The summed E-state index contributed by atoms with van der Waals surface area (Å²) in [6, 6.07) is 11.3. The number of carbonyl (C=O) groups excluding carboxylic acids is 1. The average molecular weight is 368 g/mol. The fraction of sp³-hybridized carbons (Fsp3) is 0.571. The number of likely N-dealkylation sites (tertiary alicyclic amines) is 1. The Hall–Kier alpha value is -2.37. The molecule has 0 saturated carbocycles. The molecule has 27 heavy (non-hydrogen) atoms. The fourth-order valence-electron chi connectivity index (χ4n) is 4.29. The zero-order valence-electron chi connectivity index (χ0n) is 16.0. The van der Waals surface area contributed by atoms with Gasteiger partial charge in [0.05, 0.1) is 0 Å². The number of hydrogen-bond donors (Lipinski definition) is 0. The number of benzene rings is 1. The lowest BCUT2D eigenvalue weighted by molar-refractivity contribution is -0.137. The molecule has 0 aliphatic carbocycles. The van der Waals surface area contributed by atoms with E-state index in [-0.39, 0.29) is 5.92 Å². The van der Waals surface area contributed by atoms with Crippen molar-refractivity contribution in [2.45, 2.75) is 39.0 Å². The number of hydrogen-bond acceptors (Lipinski definition) is 5. The van der Waals surface area contributed by atoms with Gasteiger partial charge in [-0.25, -0.2) is 0 Å². The number of piperidine rings is 2. The van der Waals surface area contributed by atoms with Crippen LogP contribution in [-0.2, 0) is 11.2 Å². The maximum Gasteiger partial charge on any atom is 0.318 e. The van der Waals surface area contributed by atoms with Crippen LogP contribution in [-0.4, -0.2) is 47.2 Å². The van der Waals surface area contributed by atoms with Gasteiger partial charge in [-0.3, -0.25) is 4.79 Å². The summed E-state index contributed by atoms with van der Waals surface area (Å²) in [7, 11) is 0. The third-order valence-corrected chi connectivity index (χ3v) is 5.92. The molecule has 0 unspecified atom stereocenters. The lowest BCUT2D eigenvalue weighted by Crippen LogP contribution is -2.45. The molecule has 2 aliphatic heterocycles. The van der Waals surface area contributed by atoms with E-state index in [1.165, 1.54) is 5.56 Å². The third kappa shape index (κ3) is 4.31. The van der Waals surface area contributed by atoms with Gasteiger partial charge in [0.1, 0.15) is 0 Å². The molecular weight excluding hydrogens is 340 g/mol. The molecule has 0 N–H and O–H groups in total. The van der Waals surface area contributed by atoms with Crippen LogP contribution >= 0.6 is 0 Å². The molecule has 3 heterocycles. The van der Waals surface area contributed by atoms with Crippen molar-refractivity contribution in [1.29, 1.82) is 0 Å². The van der Waals surface area contributed by atoms with Crippen LogP contribution in [0.4, 0.5) is 6.01 Å². The molecule has 1 aromatic heterocycles. The van der Waals surface area contributed by atoms with Gasteiger partial charge in [0.25, 0.3) is 0 Å². The van der Waals surface area contributed by atoms with E-state index in [1.54, 1.807) is 6.92 Å². The average Bonchev–Trinajstić information content (AvgIpc) is 3.15. The number of amides is 1. The maximum absolute atomic E-state index is 12.9. The Morgan fingerprint density at radius 3 is 2.37 bits per heavy atom. The largest absolute Gasteiger partial charge is 0.408 e. The van der Waals surface area contributed by atoms with Crippen molar-refractivity contribution < 1.29 is 9.21 Å². The summed E-state index contributed by atoms with van der Waals surface area (Å²) < 4.78 is 5.50. The maximum atomic E-state index is 12.9. The van der Waals surface area contributed by atoms with Gasteiger partial charge in [-0.15, -0.1) is 5.10 Å². The summed E-state index contributed by atoms with van der Waals surface area (Å²) >= 11 is 0. The molecule has 1 amide bonds. The van der Waals surface area contributed by atoms with Crippen LogP contribution in [0.3, 0.4) is 0 Å². The van der Waals surface area contributed by atoms with Crippen LogP contribution in [0, 0.1) is 18.8 Å². The Bertz CT molecular complexity index is 745. The van der Waals surface area contributed by atoms with Crippen LogP contribution in [0.15, 0.2) is 34.7 Å². The van der Waals surface area contributed by atoms with Gasteiger partial charge >= 0.3 is 6.01 Å². The Balaban J connectivity index is 1.24. The first-order valence-electron chi connectivity index (χ1n) is 10.1. The van der Waals surface area contributed by atoms with Crippen molar-refractivity contribution in [1.82, 2.24) is 15.1 Å². The first-order valence-corrected chi connectivity index (χ1v) is 10.1. The summed E-state index contributed by atoms with van der Waals surface area (Å²) in [4.78, 5) is 17.1. The number of rotatable bonds is 4. The van der Waals surface area contributed by atoms with E-state index in [9.17, 15) is 4.79 Å². The summed E-state index contributed by atoms with van der Waals surface area (Å²) in [5, 5.41) is 7.98. The van der Waals surface area contributed by atoms with E-state index in [0.29, 0.717) is 23.7 Å². The molecule has 6 heteroatoms. The minimum absolute atomic E-state index is 0.135. The van der Waals surface area contributed by atoms with Crippen LogP contribution < -0.4 is 4.90 Å². The molecule has 4 rings (SSSR count). The highest BCUT2D eigenvalue weighted by molar-refractivity contribution is 5.79. The SMILES string of the molecule is Cc1nnc(N2CCC(C(=O)N3CCC(Cc4ccccc4)CC3)CC2)o1. The molecule has 2 aromatic rings. The van der Waals surface area contributed by atoms with Crippen LogP contribution in [0.25, 0.3) is 0 Å². The lowest BCUT2D eigenvalue weighted by Gasteiger charge is -2.37. The van der Waals surface area contributed by atoms with E-state index >= 15 is 0 Å². The number of anilines is 1. The van der Waals surface area contributed by atoms with E-state index in [0.717, 1.165) is 58.3 Å². The Kier molecular flexibility index (Phi) is 5.41.